The summed E-state index contributed by atoms with van der Waals surface area (Å²) in [7, 11) is 0. The van der Waals surface area contributed by atoms with Gasteiger partial charge in [-0.25, -0.2) is 0 Å². The molecule has 2 saturated heterocycles. The quantitative estimate of drug-likeness (QED) is 0.291. The third-order valence-corrected chi connectivity index (χ3v) is 7.68. The Bertz CT molecular complexity index is 732. The number of benzene rings is 2. The Morgan fingerprint density at radius 3 is 1.48 bits per heavy atom. The molecule has 0 aliphatic carbocycles. The maximum Gasteiger partial charge on any atom is 0.119 e. The standard InChI is InChI=1S/C25H32O4S2/c1-25(2,19-3-7-21(8-4-19)26-11-13-30-17-23-15-28-23)20-5-9-22(10-6-20)27-12-14-31-18-24-16-29-24/h3-10,23-24H,11-18H2,1-2H3. The number of epoxide rings is 2. The average molecular weight is 461 g/mol. The SMILES string of the molecule is CC(C)(c1ccc(OCCSCC2CO2)cc1)c1ccc(OCCSCC2CO2)cc1. The second-order valence-corrected chi connectivity index (χ2v) is 10.7. The van der Waals surface area contributed by atoms with Gasteiger partial charge in [0.05, 0.1) is 38.6 Å². The third-order valence-electron chi connectivity index (χ3n) is 5.56. The lowest BCUT2D eigenvalue weighted by Gasteiger charge is -2.26. The zero-order valence-corrected chi connectivity index (χ0v) is 20.0. The lowest BCUT2D eigenvalue weighted by molar-refractivity contribution is 0.343. The second kappa shape index (κ2) is 11.0. The maximum absolute atomic E-state index is 5.88. The van der Waals surface area contributed by atoms with Crippen LogP contribution in [0, 0.1) is 0 Å². The first-order valence-electron chi connectivity index (χ1n) is 11.0. The molecule has 2 aromatic rings. The summed E-state index contributed by atoms with van der Waals surface area (Å²) in [5.41, 5.74) is 2.46. The summed E-state index contributed by atoms with van der Waals surface area (Å²) in [4.78, 5) is 0. The average Bonchev–Trinajstić information content (AvgIpc) is 3.70. The molecule has 0 bridgehead atoms. The number of thioether (sulfide) groups is 2. The predicted octanol–water partition coefficient (Wildman–Crippen LogP) is 5.03. The summed E-state index contributed by atoms with van der Waals surface area (Å²) in [5.74, 6) is 6.00. The van der Waals surface area contributed by atoms with Crippen LogP contribution in [0.5, 0.6) is 11.5 Å². The highest BCUT2D eigenvalue weighted by Gasteiger charge is 2.24. The Labute approximate surface area is 194 Å². The van der Waals surface area contributed by atoms with Crippen LogP contribution in [0.25, 0.3) is 0 Å². The molecule has 0 amide bonds. The van der Waals surface area contributed by atoms with Crippen molar-refractivity contribution in [1.82, 2.24) is 0 Å². The van der Waals surface area contributed by atoms with Gasteiger partial charge in [-0.3, -0.25) is 0 Å². The first-order valence-corrected chi connectivity index (χ1v) is 13.3. The fraction of sp³-hybridized carbons (Fsp3) is 0.520. The summed E-state index contributed by atoms with van der Waals surface area (Å²) < 4.78 is 22.2. The molecule has 4 rings (SSSR count). The van der Waals surface area contributed by atoms with Crippen molar-refractivity contribution in [2.45, 2.75) is 31.5 Å². The Kier molecular flexibility index (Phi) is 8.10. The first kappa shape index (κ1) is 22.8. The number of hydrogen-bond donors (Lipinski definition) is 0. The summed E-state index contributed by atoms with van der Waals surface area (Å²) in [6.07, 6.45) is 0.970. The van der Waals surface area contributed by atoms with Gasteiger partial charge in [0.2, 0.25) is 0 Å². The van der Waals surface area contributed by atoms with Crippen molar-refractivity contribution in [3.63, 3.8) is 0 Å². The fourth-order valence-electron chi connectivity index (χ4n) is 3.30. The van der Waals surface area contributed by atoms with Gasteiger partial charge in [-0.05, 0) is 35.4 Å². The molecule has 6 heteroatoms. The van der Waals surface area contributed by atoms with E-state index in [4.69, 9.17) is 18.9 Å². The van der Waals surface area contributed by atoms with Crippen LogP contribution in [0.2, 0.25) is 0 Å². The van der Waals surface area contributed by atoms with Crippen LogP contribution in [0.15, 0.2) is 48.5 Å². The van der Waals surface area contributed by atoms with Crippen molar-refractivity contribution in [3.05, 3.63) is 59.7 Å². The van der Waals surface area contributed by atoms with Crippen LogP contribution < -0.4 is 9.47 Å². The summed E-state index contributed by atoms with van der Waals surface area (Å²) in [5, 5.41) is 0. The van der Waals surface area contributed by atoms with E-state index >= 15 is 0 Å². The van der Waals surface area contributed by atoms with Crippen LogP contribution in [-0.4, -0.2) is 61.6 Å². The van der Waals surface area contributed by atoms with Gasteiger partial charge in [0.25, 0.3) is 0 Å². The van der Waals surface area contributed by atoms with Crippen LogP contribution >= 0.6 is 23.5 Å². The van der Waals surface area contributed by atoms with Crippen LogP contribution in [0.1, 0.15) is 25.0 Å². The zero-order chi connectivity index (χ0) is 21.5. The lowest BCUT2D eigenvalue weighted by atomic mass is 9.78. The Morgan fingerprint density at radius 2 is 1.13 bits per heavy atom. The van der Waals surface area contributed by atoms with Crippen LogP contribution in [0.3, 0.4) is 0 Å². The molecular weight excluding hydrogens is 428 g/mol. The Hall–Kier alpha value is -1.34. The van der Waals surface area contributed by atoms with Crippen molar-refractivity contribution in [3.8, 4) is 11.5 Å². The van der Waals surface area contributed by atoms with Gasteiger partial charge < -0.3 is 18.9 Å². The topological polar surface area (TPSA) is 43.5 Å². The van der Waals surface area contributed by atoms with Crippen molar-refractivity contribution >= 4 is 23.5 Å². The minimum Gasteiger partial charge on any atom is -0.493 e. The molecule has 2 aromatic carbocycles. The number of hydrogen-bond acceptors (Lipinski definition) is 6. The van der Waals surface area contributed by atoms with E-state index in [1.165, 1.54) is 11.1 Å². The Morgan fingerprint density at radius 1 is 0.742 bits per heavy atom. The largest absolute Gasteiger partial charge is 0.493 e. The highest BCUT2D eigenvalue weighted by Crippen LogP contribution is 2.33. The first-order chi connectivity index (χ1) is 15.1. The molecule has 31 heavy (non-hydrogen) atoms. The molecular formula is C25H32O4S2. The van der Waals surface area contributed by atoms with Crippen LogP contribution in [-0.2, 0) is 14.9 Å². The summed E-state index contributed by atoms with van der Waals surface area (Å²) in [6.45, 7) is 7.83. The van der Waals surface area contributed by atoms with E-state index in [1.807, 2.05) is 23.5 Å². The Balaban J connectivity index is 1.22. The molecule has 2 fully saturated rings. The van der Waals surface area contributed by atoms with Crippen molar-refractivity contribution in [2.24, 2.45) is 0 Å². The fourth-order valence-corrected chi connectivity index (χ4v) is 4.94. The van der Waals surface area contributed by atoms with Gasteiger partial charge in [-0.1, -0.05) is 38.1 Å². The van der Waals surface area contributed by atoms with Gasteiger partial charge in [0, 0.05) is 28.4 Å². The van der Waals surface area contributed by atoms with Gasteiger partial charge in [0.1, 0.15) is 11.5 Å². The van der Waals surface area contributed by atoms with Crippen molar-refractivity contribution in [2.75, 3.05) is 49.4 Å². The molecule has 0 N–H and O–H groups in total. The lowest BCUT2D eigenvalue weighted by Crippen LogP contribution is -2.18. The normalized spacial score (nSPS) is 19.8. The summed E-state index contributed by atoms with van der Waals surface area (Å²) in [6, 6.07) is 17.0. The van der Waals surface area contributed by atoms with E-state index < -0.39 is 0 Å². The van der Waals surface area contributed by atoms with E-state index in [1.54, 1.807) is 0 Å². The minimum absolute atomic E-state index is 0.0860. The highest BCUT2D eigenvalue weighted by atomic mass is 32.2. The second-order valence-electron chi connectivity index (χ2n) is 8.43. The molecule has 2 atom stereocenters. The van der Waals surface area contributed by atoms with E-state index in [0.717, 1.165) is 60.9 Å². The highest BCUT2D eigenvalue weighted by molar-refractivity contribution is 7.99. The number of ether oxygens (including phenoxy) is 4. The van der Waals surface area contributed by atoms with E-state index in [0.29, 0.717) is 12.2 Å². The molecule has 2 unspecified atom stereocenters. The molecule has 2 aliphatic heterocycles. The van der Waals surface area contributed by atoms with Crippen LogP contribution in [0.4, 0.5) is 0 Å². The smallest absolute Gasteiger partial charge is 0.119 e. The maximum atomic E-state index is 5.88. The molecule has 168 valence electrons. The van der Waals surface area contributed by atoms with E-state index in [9.17, 15) is 0 Å². The molecule has 4 nitrogen and oxygen atoms in total. The van der Waals surface area contributed by atoms with Gasteiger partial charge >= 0.3 is 0 Å². The van der Waals surface area contributed by atoms with Crippen molar-refractivity contribution in [1.29, 1.82) is 0 Å². The molecule has 0 saturated carbocycles. The zero-order valence-electron chi connectivity index (χ0n) is 18.4. The van der Waals surface area contributed by atoms with Gasteiger partial charge in [0.15, 0.2) is 0 Å². The predicted molar refractivity (Wildman–Crippen MR) is 130 cm³/mol. The molecule has 0 aromatic heterocycles. The summed E-state index contributed by atoms with van der Waals surface area (Å²) >= 11 is 3.79. The molecule has 2 aliphatic rings. The van der Waals surface area contributed by atoms with Gasteiger partial charge in [-0.15, -0.1) is 0 Å². The molecule has 0 radical (unpaired) electrons. The minimum atomic E-state index is -0.0860. The molecule has 0 spiro atoms. The third kappa shape index (κ3) is 7.35. The monoisotopic (exact) mass is 460 g/mol. The van der Waals surface area contributed by atoms with E-state index in [2.05, 4.69) is 62.4 Å². The van der Waals surface area contributed by atoms with E-state index in [-0.39, 0.29) is 5.41 Å². The van der Waals surface area contributed by atoms with Gasteiger partial charge in [-0.2, -0.15) is 23.5 Å². The number of rotatable bonds is 14. The van der Waals surface area contributed by atoms with Crippen molar-refractivity contribution < 1.29 is 18.9 Å². The molecule has 2 heterocycles.